The molecule has 4 heteroatoms. The molecule has 1 fully saturated rings. The molecule has 4 nitrogen and oxygen atoms in total. The topological polar surface area (TPSA) is 45.5 Å². The van der Waals surface area contributed by atoms with Crippen molar-refractivity contribution in [1.29, 1.82) is 5.26 Å². The van der Waals surface area contributed by atoms with E-state index in [1.807, 2.05) is 24.3 Å². The van der Waals surface area contributed by atoms with E-state index in [9.17, 15) is 0 Å². The summed E-state index contributed by atoms with van der Waals surface area (Å²) in [4.78, 5) is 2.40. The molecule has 0 aliphatic carbocycles. The van der Waals surface area contributed by atoms with Crippen molar-refractivity contribution >= 4 is 0 Å². The average molecular weight is 288 g/mol. The Kier molecular flexibility index (Phi) is 6.04. The molecule has 2 unspecified atom stereocenters. The number of likely N-dealkylation sites (tertiary alicyclic amines) is 1. The molecule has 0 bridgehead atoms. The molecule has 0 aromatic heterocycles. The van der Waals surface area contributed by atoms with Crippen molar-refractivity contribution in [3.63, 3.8) is 0 Å². The molecule has 1 heterocycles. The molecule has 114 valence electrons. The number of hydrogen-bond acceptors (Lipinski definition) is 4. The summed E-state index contributed by atoms with van der Waals surface area (Å²) < 4.78 is 11.3. The first-order chi connectivity index (χ1) is 10.2. The van der Waals surface area contributed by atoms with Crippen molar-refractivity contribution in [2.75, 3.05) is 33.4 Å². The van der Waals surface area contributed by atoms with Crippen LogP contribution in [0.3, 0.4) is 0 Å². The van der Waals surface area contributed by atoms with Gasteiger partial charge in [0.1, 0.15) is 12.4 Å². The highest BCUT2D eigenvalue weighted by Gasteiger charge is 2.25. The Labute approximate surface area is 127 Å². The van der Waals surface area contributed by atoms with E-state index in [1.54, 1.807) is 7.11 Å². The second-order valence-corrected chi connectivity index (χ2v) is 5.67. The van der Waals surface area contributed by atoms with Crippen LogP contribution < -0.4 is 4.74 Å². The largest absolute Gasteiger partial charge is 0.492 e. The molecule has 21 heavy (non-hydrogen) atoms. The summed E-state index contributed by atoms with van der Waals surface area (Å²) >= 11 is 0. The fourth-order valence-corrected chi connectivity index (χ4v) is 2.70. The van der Waals surface area contributed by atoms with E-state index in [0.717, 1.165) is 30.9 Å². The lowest BCUT2D eigenvalue weighted by atomic mass is 9.96. The Morgan fingerprint density at radius 2 is 2.10 bits per heavy atom. The molecule has 0 radical (unpaired) electrons. The Morgan fingerprint density at radius 3 is 2.76 bits per heavy atom. The lowest BCUT2D eigenvalue weighted by Crippen LogP contribution is -2.45. The van der Waals surface area contributed by atoms with E-state index in [4.69, 9.17) is 14.7 Å². The Hall–Kier alpha value is -1.57. The number of rotatable bonds is 6. The van der Waals surface area contributed by atoms with Gasteiger partial charge in [0.2, 0.25) is 0 Å². The Balaban J connectivity index is 1.73. The van der Waals surface area contributed by atoms with E-state index in [-0.39, 0.29) is 0 Å². The zero-order chi connectivity index (χ0) is 15.1. The molecule has 0 spiro atoms. The number of benzene rings is 1. The highest BCUT2D eigenvalue weighted by molar-refractivity contribution is 5.28. The summed E-state index contributed by atoms with van der Waals surface area (Å²) in [5, 5.41) is 8.64. The van der Waals surface area contributed by atoms with Gasteiger partial charge in [0.05, 0.1) is 18.6 Å². The van der Waals surface area contributed by atoms with Gasteiger partial charge in [-0.2, -0.15) is 5.26 Å². The van der Waals surface area contributed by atoms with Gasteiger partial charge in [0, 0.05) is 20.2 Å². The van der Waals surface area contributed by atoms with Crippen molar-refractivity contribution in [2.24, 2.45) is 5.92 Å². The van der Waals surface area contributed by atoms with Crippen LogP contribution in [0.25, 0.3) is 0 Å². The average Bonchev–Trinajstić information content (AvgIpc) is 2.51. The lowest BCUT2D eigenvalue weighted by Gasteiger charge is -2.36. The number of nitrogens with zero attached hydrogens (tertiary/aromatic N) is 2. The normalized spacial score (nSPS) is 22.7. The SMILES string of the molecule is COC1CN(CCOc2ccc(CC#N)cc2)CCC1C. The summed E-state index contributed by atoms with van der Waals surface area (Å²) in [6.07, 6.45) is 1.97. The third-order valence-corrected chi connectivity index (χ3v) is 4.16. The standard InChI is InChI=1S/C17H24N2O2/c1-14-8-10-19(13-17(14)20-2)11-12-21-16-5-3-15(4-6-16)7-9-18/h3-6,14,17H,7-8,10-13H2,1-2H3. The van der Waals surface area contributed by atoms with Crippen LogP contribution in [-0.4, -0.2) is 44.4 Å². The summed E-state index contributed by atoms with van der Waals surface area (Å²) in [6, 6.07) is 9.90. The van der Waals surface area contributed by atoms with E-state index >= 15 is 0 Å². The molecule has 2 atom stereocenters. The van der Waals surface area contributed by atoms with Gasteiger partial charge in [-0.25, -0.2) is 0 Å². The third-order valence-electron chi connectivity index (χ3n) is 4.16. The Morgan fingerprint density at radius 1 is 1.33 bits per heavy atom. The maximum Gasteiger partial charge on any atom is 0.119 e. The maximum absolute atomic E-state index is 8.64. The number of piperidine rings is 1. The first kappa shape index (κ1) is 15.8. The monoisotopic (exact) mass is 288 g/mol. The summed E-state index contributed by atoms with van der Waals surface area (Å²) in [5.41, 5.74) is 1.03. The van der Waals surface area contributed by atoms with Crippen molar-refractivity contribution in [2.45, 2.75) is 25.9 Å². The minimum Gasteiger partial charge on any atom is -0.492 e. The van der Waals surface area contributed by atoms with Crippen LogP contribution in [0.1, 0.15) is 18.9 Å². The molecule has 1 aromatic rings. The zero-order valence-corrected chi connectivity index (χ0v) is 12.9. The summed E-state index contributed by atoms with van der Waals surface area (Å²) in [5.74, 6) is 1.50. The third kappa shape index (κ3) is 4.73. The van der Waals surface area contributed by atoms with Gasteiger partial charge in [-0.05, 0) is 36.6 Å². The quantitative estimate of drug-likeness (QED) is 0.807. The zero-order valence-electron chi connectivity index (χ0n) is 12.9. The van der Waals surface area contributed by atoms with Gasteiger partial charge in [0.25, 0.3) is 0 Å². The summed E-state index contributed by atoms with van der Waals surface area (Å²) in [7, 11) is 1.80. The molecule has 0 amide bonds. The van der Waals surface area contributed by atoms with Crippen LogP contribution in [0.15, 0.2) is 24.3 Å². The minimum atomic E-state index is 0.337. The fourth-order valence-electron chi connectivity index (χ4n) is 2.70. The molecule has 1 aliphatic rings. The fraction of sp³-hybridized carbons (Fsp3) is 0.588. The van der Waals surface area contributed by atoms with Gasteiger partial charge in [0.15, 0.2) is 0 Å². The van der Waals surface area contributed by atoms with Crippen LogP contribution in [0, 0.1) is 17.2 Å². The molecule has 2 rings (SSSR count). The number of hydrogen-bond donors (Lipinski definition) is 0. The molecular formula is C17H24N2O2. The second-order valence-electron chi connectivity index (χ2n) is 5.67. The predicted molar refractivity (Wildman–Crippen MR) is 82.3 cm³/mol. The molecular weight excluding hydrogens is 264 g/mol. The first-order valence-corrected chi connectivity index (χ1v) is 7.56. The van der Waals surface area contributed by atoms with Crippen LogP contribution in [-0.2, 0) is 11.2 Å². The van der Waals surface area contributed by atoms with E-state index < -0.39 is 0 Å². The maximum atomic E-state index is 8.64. The van der Waals surface area contributed by atoms with Crippen molar-refractivity contribution in [3.05, 3.63) is 29.8 Å². The van der Waals surface area contributed by atoms with Gasteiger partial charge >= 0.3 is 0 Å². The van der Waals surface area contributed by atoms with Crippen LogP contribution in [0.2, 0.25) is 0 Å². The first-order valence-electron chi connectivity index (χ1n) is 7.56. The second kappa shape index (κ2) is 8.02. The van der Waals surface area contributed by atoms with Crippen molar-refractivity contribution in [1.82, 2.24) is 4.90 Å². The highest BCUT2D eigenvalue weighted by atomic mass is 16.5. The predicted octanol–water partition coefficient (Wildman–Crippen LogP) is 2.49. The van der Waals surface area contributed by atoms with Crippen LogP contribution in [0.5, 0.6) is 5.75 Å². The van der Waals surface area contributed by atoms with Crippen LogP contribution >= 0.6 is 0 Å². The molecule has 0 saturated carbocycles. The van der Waals surface area contributed by atoms with Gasteiger partial charge in [-0.15, -0.1) is 0 Å². The van der Waals surface area contributed by atoms with Gasteiger partial charge < -0.3 is 9.47 Å². The number of nitriles is 1. The Bertz CT molecular complexity index is 467. The molecule has 1 aliphatic heterocycles. The highest BCUT2D eigenvalue weighted by Crippen LogP contribution is 2.19. The van der Waals surface area contributed by atoms with Crippen LogP contribution in [0.4, 0.5) is 0 Å². The van der Waals surface area contributed by atoms with Gasteiger partial charge in [-0.3, -0.25) is 4.90 Å². The summed E-state index contributed by atoms with van der Waals surface area (Å²) in [6.45, 7) is 5.97. The van der Waals surface area contributed by atoms with Gasteiger partial charge in [-0.1, -0.05) is 19.1 Å². The van der Waals surface area contributed by atoms with E-state index in [0.29, 0.717) is 25.0 Å². The smallest absolute Gasteiger partial charge is 0.119 e. The van der Waals surface area contributed by atoms with Crippen molar-refractivity contribution < 1.29 is 9.47 Å². The van der Waals surface area contributed by atoms with Crippen molar-refractivity contribution in [3.8, 4) is 11.8 Å². The number of methoxy groups -OCH3 is 1. The lowest BCUT2D eigenvalue weighted by molar-refractivity contribution is -0.00788. The number of ether oxygens (including phenoxy) is 2. The van der Waals surface area contributed by atoms with E-state index in [2.05, 4.69) is 17.9 Å². The minimum absolute atomic E-state index is 0.337. The molecule has 1 saturated heterocycles. The molecule has 1 aromatic carbocycles. The molecule has 0 N–H and O–H groups in total. The van der Waals surface area contributed by atoms with E-state index in [1.165, 1.54) is 6.42 Å².